The number of aliphatic carboxylic acids is 1. The minimum absolute atomic E-state index is 0.142. The molecule has 2 aromatic carbocycles. The second kappa shape index (κ2) is 9.96. The number of anilines is 1. The molecule has 0 fully saturated rings. The number of carboxylic acids is 1. The summed E-state index contributed by atoms with van der Waals surface area (Å²) in [6.07, 6.45) is 1.39. The molecular weight excluding hydrogens is 499 g/mol. The number of para-hydroxylation sites is 1. The van der Waals surface area contributed by atoms with Gasteiger partial charge in [-0.2, -0.15) is 5.26 Å². The molecule has 0 spiro atoms. The van der Waals surface area contributed by atoms with Crippen LogP contribution in [0.2, 0.25) is 5.02 Å². The van der Waals surface area contributed by atoms with E-state index >= 15 is 0 Å². The number of carbonyl (C=O) groups is 2. The van der Waals surface area contributed by atoms with Crippen molar-refractivity contribution in [1.29, 1.82) is 5.26 Å². The minimum atomic E-state index is -1.12. The van der Waals surface area contributed by atoms with E-state index in [1.807, 2.05) is 28.7 Å². The molecule has 2 rings (SSSR count). The average Bonchev–Trinajstić information content (AvgIpc) is 2.66. The first-order valence-corrected chi connectivity index (χ1v) is 9.21. The fraction of sp³-hybridized carbons (Fsp3) is 0.105. The first-order chi connectivity index (χ1) is 13.3. The van der Waals surface area contributed by atoms with E-state index in [0.717, 1.165) is 0 Å². The number of nitrogens with zero attached hydrogens (tertiary/aromatic N) is 1. The van der Waals surface area contributed by atoms with E-state index in [0.29, 0.717) is 19.8 Å². The molecule has 0 saturated heterocycles. The van der Waals surface area contributed by atoms with E-state index in [2.05, 4.69) is 5.32 Å². The third kappa shape index (κ3) is 5.61. The third-order valence-corrected chi connectivity index (χ3v) is 4.52. The Bertz CT molecular complexity index is 985. The van der Waals surface area contributed by atoms with Crippen LogP contribution >= 0.6 is 34.2 Å². The van der Waals surface area contributed by atoms with Crippen LogP contribution in [-0.4, -0.2) is 30.7 Å². The van der Waals surface area contributed by atoms with Gasteiger partial charge in [-0.15, -0.1) is 0 Å². The zero-order valence-electron chi connectivity index (χ0n) is 14.5. The summed E-state index contributed by atoms with van der Waals surface area (Å²) in [6.45, 7) is -0.523. The van der Waals surface area contributed by atoms with Crippen molar-refractivity contribution in [2.24, 2.45) is 0 Å². The van der Waals surface area contributed by atoms with Gasteiger partial charge in [0, 0.05) is 0 Å². The molecule has 2 N–H and O–H groups in total. The lowest BCUT2D eigenvalue weighted by Crippen LogP contribution is -2.13. The Kier molecular flexibility index (Phi) is 7.66. The summed E-state index contributed by atoms with van der Waals surface area (Å²) < 4.78 is 11.0. The lowest BCUT2D eigenvalue weighted by molar-refractivity contribution is -0.139. The van der Waals surface area contributed by atoms with E-state index in [4.69, 9.17) is 26.2 Å². The molecule has 144 valence electrons. The van der Waals surface area contributed by atoms with Crippen molar-refractivity contribution in [3.05, 3.63) is 56.1 Å². The molecule has 7 nitrogen and oxygen atoms in total. The van der Waals surface area contributed by atoms with Crippen LogP contribution in [0.1, 0.15) is 5.56 Å². The Morgan fingerprint density at radius 3 is 2.68 bits per heavy atom. The summed E-state index contributed by atoms with van der Waals surface area (Å²) in [7, 11) is 1.40. The second-order valence-corrected chi connectivity index (χ2v) is 6.89. The summed E-state index contributed by atoms with van der Waals surface area (Å²) >= 11 is 7.97. The van der Waals surface area contributed by atoms with Crippen molar-refractivity contribution < 1.29 is 24.2 Å². The Hall–Kier alpha value is -2.77. The Balaban J connectivity index is 2.32. The van der Waals surface area contributed by atoms with Crippen LogP contribution in [0.5, 0.6) is 11.5 Å². The smallest absolute Gasteiger partial charge is 0.341 e. The maximum absolute atomic E-state index is 12.4. The van der Waals surface area contributed by atoms with Gasteiger partial charge in [0.05, 0.1) is 21.4 Å². The number of amides is 1. The number of rotatable bonds is 7. The fourth-order valence-corrected chi connectivity index (χ4v) is 3.13. The lowest BCUT2D eigenvalue weighted by Gasteiger charge is -2.12. The maximum Gasteiger partial charge on any atom is 0.341 e. The molecular formula is C19H14ClIN2O5. The predicted octanol–water partition coefficient (Wildman–Crippen LogP) is 3.96. The number of ether oxygens (including phenoxy) is 2. The van der Waals surface area contributed by atoms with Gasteiger partial charge in [0.1, 0.15) is 11.6 Å². The molecule has 0 heterocycles. The molecule has 9 heteroatoms. The third-order valence-electron chi connectivity index (χ3n) is 3.39. The highest BCUT2D eigenvalue weighted by Gasteiger charge is 2.15. The van der Waals surface area contributed by atoms with Gasteiger partial charge in [0.25, 0.3) is 5.91 Å². The second-order valence-electron chi connectivity index (χ2n) is 5.32. The molecule has 0 radical (unpaired) electrons. The number of benzene rings is 2. The SMILES string of the molecule is COc1cc(/C=C(\C#N)C(=O)Nc2ccccc2Cl)cc(I)c1OCC(=O)O. The topological polar surface area (TPSA) is 109 Å². The van der Waals surface area contributed by atoms with Gasteiger partial charge in [-0.05, 0) is 58.5 Å². The van der Waals surface area contributed by atoms with Crippen LogP contribution in [0.4, 0.5) is 5.69 Å². The fourth-order valence-electron chi connectivity index (χ4n) is 2.16. The Labute approximate surface area is 179 Å². The number of halogens is 2. The number of nitrogens with one attached hydrogen (secondary N) is 1. The van der Waals surface area contributed by atoms with Crippen molar-refractivity contribution >= 4 is 57.8 Å². The molecule has 2 aromatic rings. The number of hydrogen-bond donors (Lipinski definition) is 2. The first-order valence-electron chi connectivity index (χ1n) is 7.75. The van der Waals surface area contributed by atoms with E-state index in [9.17, 15) is 14.9 Å². The number of carboxylic acid groups (broad SMARTS) is 1. The highest BCUT2D eigenvalue weighted by atomic mass is 127. The molecule has 0 saturated carbocycles. The standard InChI is InChI=1S/C19H14ClIN2O5/c1-27-16-8-11(7-14(21)18(16)28-10-17(24)25)6-12(9-22)19(26)23-15-5-3-2-4-13(15)20/h2-8H,10H2,1H3,(H,23,26)(H,24,25)/b12-6+. The van der Waals surface area contributed by atoms with Crippen LogP contribution < -0.4 is 14.8 Å². The highest BCUT2D eigenvalue weighted by Crippen LogP contribution is 2.34. The number of hydrogen-bond acceptors (Lipinski definition) is 5. The molecule has 0 unspecified atom stereocenters. The molecule has 0 aliphatic rings. The van der Waals surface area contributed by atoms with Gasteiger partial charge in [0.15, 0.2) is 18.1 Å². The van der Waals surface area contributed by atoms with E-state index in [-0.39, 0.29) is 17.1 Å². The van der Waals surface area contributed by atoms with Crippen LogP contribution in [0.15, 0.2) is 42.0 Å². The molecule has 1 amide bonds. The van der Waals surface area contributed by atoms with E-state index in [1.54, 1.807) is 36.4 Å². The Morgan fingerprint density at radius 1 is 1.36 bits per heavy atom. The lowest BCUT2D eigenvalue weighted by atomic mass is 10.1. The summed E-state index contributed by atoms with van der Waals surface area (Å²) in [4.78, 5) is 23.1. The van der Waals surface area contributed by atoms with Crippen LogP contribution in [0.3, 0.4) is 0 Å². The zero-order chi connectivity index (χ0) is 20.7. The number of methoxy groups -OCH3 is 1. The summed E-state index contributed by atoms with van der Waals surface area (Å²) in [5.74, 6) is -1.19. The largest absolute Gasteiger partial charge is 0.493 e. The van der Waals surface area contributed by atoms with Gasteiger partial charge in [-0.25, -0.2) is 4.79 Å². The van der Waals surface area contributed by atoms with Gasteiger partial charge < -0.3 is 19.9 Å². The summed E-state index contributed by atoms with van der Waals surface area (Å²) in [5.41, 5.74) is 0.756. The molecule has 0 bridgehead atoms. The molecule has 0 aliphatic carbocycles. The quantitative estimate of drug-likeness (QED) is 0.330. The predicted molar refractivity (Wildman–Crippen MR) is 113 cm³/mol. The zero-order valence-corrected chi connectivity index (χ0v) is 17.4. The monoisotopic (exact) mass is 512 g/mol. The van der Waals surface area contributed by atoms with Gasteiger partial charge in [-0.3, -0.25) is 4.79 Å². The van der Waals surface area contributed by atoms with Crippen LogP contribution in [-0.2, 0) is 9.59 Å². The maximum atomic E-state index is 12.4. The first kappa shape index (κ1) is 21.5. The normalized spacial score (nSPS) is 10.7. The molecule has 28 heavy (non-hydrogen) atoms. The summed E-state index contributed by atoms with van der Waals surface area (Å²) in [6, 6.07) is 11.7. The molecule has 0 aliphatic heterocycles. The van der Waals surface area contributed by atoms with Crippen molar-refractivity contribution in [2.75, 3.05) is 19.0 Å². The molecule has 0 aromatic heterocycles. The van der Waals surface area contributed by atoms with Gasteiger partial charge in [-0.1, -0.05) is 23.7 Å². The van der Waals surface area contributed by atoms with Crippen LogP contribution in [0, 0.1) is 14.9 Å². The number of carbonyl (C=O) groups excluding carboxylic acids is 1. The summed E-state index contributed by atoms with van der Waals surface area (Å²) in [5, 5.41) is 21.1. The van der Waals surface area contributed by atoms with Gasteiger partial charge >= 0.3 is 5.97 Å². The van der Waals surface area contributed by atoms with Crippen molar-refractivity contribution in [2.45, 2.75) is 0 Å². The number of nitriles is 1. The van der Waals surface area contributed by atoms with Gasteiger partial charge in [0.2, 0.25) is 0 Å². The average molecular weight is 513 g/mol. The van der Waals surface area contributed by atoms with Crippen molar-refractivity contribution in [3.63, 3.8) is 0 Å². The van der Waals surface area contributed by atoms with E-state index < -0.39 is 18.5 Å². The minimum Gasteiger partial charge on any atom is -0.493 e. The van der Waals surface area contributed by atoms with Crippen molar-refractivity contribution in [1.82, 2.24) is 0 Å². The molecule has 0 atom stereocenters. The Morgan fingerprint density at radius 2 is 2.07 bits per heavy atom. The highest BCUT2D eigenvalue weighted by molar-refractivity contribution is 14.1. The van der Waals surface area contributed by atoms with Crippen LogP contribution in [0.25, 0.3) is 6.08 Å². The van der Waals surface area contributed by atoms with Crippen molar-refractivity contribution in [3.8, 4) is 17.6 Å². The van der Waals surface area contributed by atoms with E-state index in [1.165, 1.54) is 13.2 Å².